The molecule has 5 N–H and O–H groups in total. The number of nitrogens with one attached hydrogen (secondary N) is 1. The van der Waals surface area contributed by atoms with Gasteiger partial charge in [-0.1, -0.05) is 6.07 Å². The predicted octanol–water partition coefficient (Wildman–Crippen LogP) is 1.69. The number of methoxy groups -OCH3 is 1. The topological polar surface area (TPSA) is 154 Å². The van der Waals surface area contributed by atoms with E-state index in [1.54, 1.807) is 21.0 Å². The number of aryl methyl sites for hydroxylation is 1. The number of piperazine rings is 1. The minimum absolute atomic E-state index is 0.0183. The summed E-state index contributed by atoms with van der Waals surface area (Å²) in [5, 5.41) is 36.5. The number of likely N-dealkylation sites (N-methyl/N-ethyl adjacent to an activating group) is 1. The third kappa shape index (κ3) is 3.56. The average Bonchev–Trinajstić information content (AvgIpc) is 3.41. The molecule has 212 valence electrons. The van der Waals surface area contributed by atoms with E-state index in [1.165, 1.54) is 0 Å². The average molecular weight is 550 g/mol. The number of hydrogen-bond donors (Lipinski definition) is 4. The van der Waals surface area contributed by atoms with Gasteiger partial charge in [0, 0.05) is 40.9 Å². The molecular formula is C29H35N5O6. The number of carbonyl (C=O) groups excluding carboxylic acids is 1. The molecule has 0 spiro atoms. The van der Waals surface area contributed by atoms with Crippen LogP contribution in [0.4, 0.5) is 0 Å². The van der Waals surface area contributed by atoms with Crippen molar-refractivity contribution in [3.63, 3.8) is 0 Å². The number of phenols is 2. The molecule has 11 nitrogen and oxygen atoms in total. The second kappa shape index (κ2) is 9.44. The van der Waals surface area contributed by atoms with E-state index in [9.17, 15) is 20.3 Å². The summed E-state index contributed by atoms with van der Waals surface area (Å²) in [5.41, 5.74) is 10.4. The summed E-state index contributed by atoms with van der Waals surface area (Å²) in [7, 11) is 3.53. The Morgan fingerprint density at radius 2 is 1.95 bits per heavy atom. The molecule has 2 aromatic rings. The van der Waals surface area contributed by atoms with Crippen LogP contribution in [-0.2, 0) is 17.6 Å². The summed E-state index contributed by atoms with van der Waals surface area (Å²) < 4.78 is 17.3. The quantitative estimate of drug-likeness (QED) is 0.443. The predicted molar refractivity (Wildman–Crippen MR) is 144 cm³/mol. The van der Waals surface area contributed by atoms with Crippen molar-refractivity contribution in [3.8, 4) is 34.8 Å². The van der Waals surface area contributed by atoms with Crippen molar-refractivity contribution in [1.82, 2.24) is 15.1 Å². The van der Waals surface area contributed by atoms with Gasteiger partial charge in [-0.15, -0.1) is 0 Å². The van der Waals surface area contributed by atoms with E-state index in [1.807, 2.05) is 20.0 Å². The first kappa shape index (κ1) is 26.5. The van der Waals surface area contributed by atoms with Crippen molar-refractivity contribution < 1.29 is 29.2 Å². The van der Waals surface area contributed by atoms with Crippen LogP contribution < -0.4 is 25.3 Å². The fraction of sp³-hybridized carbons (Fsp3) is 0.517. The molecule has 0 unspecified atom stereocenters. The maximum atomic E-state index is 12.6. The lowest BCUT2D eigenvalue weighted by Crippen LogP contribution is -2.68. The lowest BCUT2D eigenvalue weighted by Gasteiger charge is -2.60. The third-order valence-electron chi connectivity index (χ3n) is 9.17. The van der Waals surface area contributed by atoms with Gasteiger partial charge < -0.3 is 35.5 Å². The van der Waals surface area contributed by atoms with E-state index < -0.39 is 18.1 Å². The van der Waals surface area contributed by atoms with Crippen LogP contribution in [0.3, 0.4) is 0 Å². The summed E-state index contributed by atoms with van der Waals surface area (Å²) in [6.45, 7) is 5.48. The van der Waals surface area contributed by atoms with Crippen LogP contribution in [0, 0.1) is 25.2 Å². The highest BCUT2D eigenvalue weighted by molar-refractivity contribution is 5.81. The van der Waals surface area contributed by atoms with Crippen LogP contribution in [0.15, 0.2) is 6.07 Å². The minimum Gasteiger partial charge on any atom is -0.507 e. The second-order valence-electron chi connectivity index (χ2n) is 11.3. The molecule has 2 bridgehead atoms. The van der Waals surface area contributed by atoms with Crippen molar-refractivity contribution in [3.05, 3.63) is 39.4 Å². The Morgan fingerprint density at radius 1 is 1.23 bits per heavy atom. The smallest absolute Gasteiger partial charge is 0.236 e. The second-order valence-corrected chi connectivity index (χ2v) is 11.3. The molecule has 0 aromatic heterocycles. The van der Waals surface area contributed by atoms with Crippen molar-refractivity contribution in [2.75, 3.05) is 27.5 Å². The molecule has 4 heterocycles. The van der Waals surface area contributed by atoms with Gasteiger partial charge in [0.25, 0.3) is 0 Å². The molecule has 2 aromatic carbocycles. The number of carbonyl (C=O) groups is 1. The summed E-state index contributed by atoms with van der Waals surface area (Å²) in [6, 6.07) is 2.02. The Balaban J connectivity index is 1.58. The first-order valence-corrected chi connectivity index (χ1v) is 13.6. The van der Waals surface area contributed by atoms with Gasteiger partial charge >= 0.3 is 0 Å². The first-order chi connectivity index (χ1) is 19.1. The molecular weight excluding hydrogens is 514 g/mol. The molecule has 4 aliphatic rings. The van der Waals surface area contributed by atoms with E-state index in [0.717, 1.165) is 16.7 Å². The van der Waals surface area contributed by atoms with Crippen LogP contribution in [0.5, 0.6) is 28.7 Å². The highest BCUT2D eigenvalue weighted by Crippen LogP contribution is 2.58. The molecule has 4 aliphatic heterocycles. The SMILES string of the molecule is COc1c(C)cc2c(c1O)[C@@H]1[C@@H]3Cc4c(O)c(C)c5c(c4[C@H](CNC(=O)[C@H](C)N)N3[C@@H](C#N)[C@@H](C2)N1C)OCO5. The Labute approximate surface area is 233 Å². The number of fused-ring (bicyclic) bond motifs is 9. The zero-order chi connectivity index (χ0) is 28.6. The molecule has 40 heavy (non-hydrogen) atoms. The lowest BCUT2D eigenvalue weighted by atomic mass is 9.71. The Hall–Kier alpha value is -3.72. The van der Waals surface area contributed by atoms with Crippen molar-refractivity contribution >= 4 is 5.91 Å². The van der Waals surface area contributed by atoms with Crippen molar-refractivity contribution in [1.29, 1.82) is 5.26 Å². The number of rotatable bonds is 4. The first-order valence-electron chi connectivity index (χ1n) is 13.6. The van der Waals surface area contributed by atoms with E-state index in [-0.39, 0.29) is 48.9 Å². The Bertz CT molecular complexity index is 1450. The van der Waals surface area contributed by atoms with Gasteiger partial charge in [-0.25, -0.2) is 0 Å². The minimum atomic E-state index is -0.714. The molecule has 6 rings (SSSR count). The van der Waals surface area contributed by atoms with Gasteiger partial charge in [0.1, 0.15) is 11.8 Å². The number of nitriles is 1. The zero-order valence-electron chi connectivity index (χ0n) is 23.3. The van der Waals surface area contributed by atoms with Crippen LogP contribution >= 0.6 is 0 Å². The molecule has 11 heteroatoms. The summed E-state index contributed by atoms with van der Waals surface area (Å²) >= 11 is 0. The van der Waals surface area contributed by atoms with Gasteiger partial charge in [-0.2, -0.15) is 5.26 Å². The molecule has 6 atom stereocenters. The molecule has 1 saturated heterocycles. The van der Waals surface area contributed by atoms with E-state index in [2.05, 4.69) is 21.2 Å². The molecule has 0 radical (unpaired) electrons. The molecule has 1 fully saturated rings. The monoisotopic (exact) mass is 549 g/mol. The van der Waals surface area contributed by atoms with Gasteiger partial charge in [-0.05, 0) is 51.8 Å². The zero-order valence-corrected chi connectivity index (χ0v) is 23.3. The van der Waals surface area contributed by atoms with Gasteiger partial charge in [0.15, 0.2) is 23.0 Å². The lowest BCUT2D eigenvalue weighted by molar-refractivity contribution is -0.123. The number of hydrogen-bond acceptors (Lipinski definition) is 10. The van der Waals surface area contributed by atoms with Gasteiger partial charge in [0.05, 0.1) is 31.3 Å². The number of benzene rings is 2. The van der Waals surface area contributed by atoms with E-state index in [0.29, 0.717) is 46.8 Å². The van der Waals surface area contributed by atoms with Crippen LogP contribution in [0.2, 0.25) is 0 Å². The fourth-order valence-electron chi connectivity index (χ4n) is 7.40. The van der Waals surface area contributed by atoms with Crippen molar-refractivity contribution in [2.45, 2.75) is 69.9 Å². The molecule has 0 saturated carbocycles. The summed E-state index contributed by atoms with van der Waals surface area (Å²) in [5.74, 6) is 1.33. The van der Waals surface area contributed by atoms with E-state index in [4.69, 9.17) is 19.9 Å². The highest BCUT2D eigenvalue weighted by Gasteiger charge is 2.56. The normalized spacial score (nSPS) is 27.2. The highest BCUT2D eigenvalue weighted by atomic mass is 16.7. The number of phenolic OH excluding ortho intramolecular Hbond substituents is 2. The van der Waals surface area contributed by atoms with Gasteiger partial charge in [-0.3, -0.25) is 14.6 Å². The number of nitrogens with two attached hydrogens (primary N) is 1. The number of ether oxygens (including phenoxy) is 3. The van der Waals surface area contributed by atoms with Crippen LogP contribution in [0.25, 0.3) is 0 Å². The van der Waals surface area contributed by atoms with Crippen LogP contribution in [-0.4, -0.2) is 77.6 Å². The van der Waals surface area contributed by atoms with Gasteiger partial charge in [0.2, 0.25) is 12.7 Å². The molecule has 0 aliphatic carbocycles. The fourth-order valence-corrected chi connectivity index (χ4v) is 7.40. The van der Waals surface area contributed by atoms with E-state index >= 15 is 0 Å². The Kier molecular flexibility index (Phi) is 6.25. The summed E-state index contributed by atoms with van der Waals surface area (Å²) in [6.07, 6.45) is 0.955. The number of nitrogens with zero attached hydrogens (tertiary/aromatic N) is 3. The number of amides is 1. The maximum absolute atomic E-state index is 12.6. The van der Waals surface area contributed by atoms with Crippen molar-refractivity contribution in [2.24, 2.45) is 5.73 Å². The Morgan fingerprint density at radius 3 is 2.62 bits per heavy atom. The maximum Gasteiger partial charge on any atom is 0.236 e. The number of aromatic hydroxyl groups is 2. The van der Waals surface area contributed by atoms with Crippen LogP contribution in [0.1, 0.15) is 52.4 Å². The standard InChI is InChI=1S/C29H35N5O6/c1-12-6-15-7-17-19(9-30)34-18(23(33(17)4)21(15)25(36)26(12)38-5)8-16-22(20(34)10-32-29(37)14(3)31)28-27(39-11-40-28)13(2)24(16)35/h6,14,17-20,23,35-36H,7-8,10-11,31H2,1-5H3,(H,32,37)/t14-,17+,18-,19-,20-,23-/m0/s1. The largest absolute Gasteiger partial charge is 0.507 e. The third-order valence-corrected chi connectivity index (χ3v) is 9.17. The summed E-state index contributed by atoms with van der Waals surface area (Å²) in [4.78, 5) is 17.0. The molecule has 1 amide bonds.